The van der Waals surface area contributed by atoms with Gasteiger partial charge in [0.15, 0.2) is 0 Å². The highest BCUT2D eigenvalue weighted by atomic mass is 35.5. The fraction of sp³-hybridized carbons (Fsp3) is 0.308. The molecule has 0 spiro atoms. The Morgan fingerprint density at radius 3 is 2.00 bits per heavy atom. The molecule has 1 unspecified atom stereocenters. The summed E-state index contributed by atoms with van der Waals surface area (Å²) in [5, 5.41) is 3.15. The number of nitrogens with one attached hydrogen (secondary N) is 1. The summed E-state index contributed by atoms with van der Waals surface area (Å²) in [7, 11) is 0. The van der Waals surface area contributed by atoms with Crippen molar-refractivity contribution in [3.63, 3.8) is 0 Å². The normalized spacial score (nSPS) is 15.8. The van der Waals surface area contributed by atoms with E-state index in [0.717, 1.165) is 23.4 Å². The highest BCUT2D eigenvalue weighted by Gasteiger charge is 2.33. The molecule has 1 atom stereocenters. The molecule has 35 heavy (non-hydrogen) atoms. The first-order valence-electron chi connectivity index (χ1n) is 11.4. The first kappa shape index (κ1) is 25.0. The number of hydrogen-bond donors (Lipinski definition) is 1. The highest BCUT2D eigenvalue weighted by Crippen LogP contribution is 2.34. The number of alkyl halides is 3. The summed E-state index contributed by atoms with van der Waals surface area (Å²) in [6.45, 7) is 3.96. The topological polar surface area (TPSA) is 48.5 Å². The predicted octanol–water partition coefficient (Wildman–Crippen LogP) is 5.17. The van der Waals surface area contributed by atoms with Crippen molar-refractivity contribution in [2.24, 2.45) is 0 Å². The van der Waals surface area contributed by atoms with Crippen molar-refractivity contribution in [2.45, 2.75) is 25.2 Å². The summed E-state index contributed by atoms with van der Waals surface area (Å²) >= 11 is 6.11. The number of halogens is 4. The number of aromatic nitrogens is 1. The molecule has 4 rings (SSSR count). The van der Waals surface area contributed by atoms with Crippen molar-refractivity contribution in [1.82, 2.24) is 15.2 Å². The monoisotopic (exact) mass is 502 g/mol. The van der Waals surface area contributed by atoms with Crippen LogP contribution in [-0.4, -0.2) is 48.0 Å². The van der Waals surface area contributed by atoms with E-state index in [4.69, 9.17) is 11.6 Å². The standard InChI is InChI=1S/C26H26ClF3N4O/c1-18(25(35)32-23(19-8-4-2-5-9-19)20-10-6-3-7-11-20)33-12-14-34(15-13-33)24-22(27)16-21(17-31-24)26(28,29)30/h2-11,16-18,23H,12-15H2,1H3,(H,32,35). The van der Waals surface area contributed by atoms with Crippen molar-refractivity contribution >= 4 is 23.3 Å². The van der Waals surface area contributed by atoms with E-state index < -0.39 is 11.7 Å². The van der Waals surface area contributed by atoms with Crippen LogP contribution in [0.1, 0.15) is 29.7 Å². The smallest absolute Gasteiger partial charge is 0.353 e. The minimum absolute atomic E-state index is 0.0346. The zero-order valence-electron chi connectivity index (χ0n) is 19.2. The van der Waals surface area contributed by atoms with Crippen molar-refractivity contribution < 1.29 is 18.0 Å². The second-order valence-corrected chi connectivity index (χ2v) is 8.90. The zero-order chi connectivity index (χ0) is 25.0. The summed E-state index contributed by atoms with van der Waals surface area (Å²) in [5.41, 5.74) is 1.11. The van der Waals surface area contributed by atoms with E-state index in [2.05, 4.69) is 15.2 Å². The molecular formula is C26H26ClF3N4O. The molecule has 1 aliphatic rings. The lowest BCUT2D eigenvalue weighted by atomic mass is 9.98. The number of pyridine rings is 1. The molecule has 5 nitrogen and oxygen atoms in total. The molecule has 0 saturated carbocycles. The number of carbonyl (C=O) groups excluding carboxylic acids is 1. The van der Waals surface area contributed by atoms with E-state index in [1.807, 2.05) is 72.5 Å². The van der Waals surface area contributed by atoms with Gasteiger partial charge in [-0.3, -0.25) is 9.69 Å². The molecule has 3 aromatic rings. The van der Waals surface area contributed by atoms with Crippen LogP contribution in [-0.2, 0) is 11.0 Å². The molecule has 0 aliphatic carbocycles. The zero-order valence-corrected chi connectivity index (χ0v) is 19.9. The van der Waals surface area contributed by atoms with Crippen LogP contribution in [0.5, 0.6) is 0 Å². The van der Waals surface area contributed by atoms with Gasteiger partial charge in [0.1, 0.15) is 5.82 Å². The van der Waals surface area contributed by atoms with Gasteiger partial charge in [-0.25, -0.2) is 4.98 Å². The number of anilines is 1. The van der Waals surface area contributed by atoms with Crippen LogP contribution >= 0.6 is 11.6 Å². The van der Waals surface area contributed by atoms with Gasteiger partial charge in [-0.2, -0.15) is 13.2 Å². The van der Waals surface area contributed by atoms with Gasteiger partial charge in [-0.1, -0.05) is 72.3 Å². The third-order valence-corrected chi connectivity index (χ3v) is 6.52. The first-order chi connectivity index (χ1) is 16.7. The third-order valence-electron chi connectivity index (χ3n) is 6.24. The fourth-order valence-electron chi connectivity index (χ4n) is 4.22. The Kier molecular flexibility index (Phi) is 7.62. The van der Waals surface area contributed by atoms with Crippen molar-refractivity contribution in [3.8, 4) is 0 Å². The number of benzene rings is 2. The Hall–Kier alpha value is -3.10. The number of piperazine rings is 1. The largest absolute Gasteiger partial charge is 0.417 e. The predicted molar refractivity (Wildman–Crippen MR) is 130 cm³/mol. The van der Waals surface area contributed by atoms with E-state index in [1.54, 1.807) is 0 Å². The maximum Gasteiger partial charge on any atom is 0.417 e. The fourth-order valence-corrected chi connectivity index (χ4v) is 4.50. The lowest BCUT2D eigenvalue weighted by Gasteiger charge is -2.38. The van der Waals surface area contributed by atoms with Gasteiger partial charge in [0.05, 0.1) is 22.7 Å². The molecule has 1 aromatic heterocycles. The lowest BCUT2D eigenvalue weighted by molar-refractivity contribution is -0.137. The maximum absolute atomic E-state index is 13.2. The van der Waals surface area contributed by atoms with Crippen LogP contribution in [0.4, 0.5) is 19.0 Å². The number of amides is 1. The molecule has 1 aliphatic heterocycles. The van der Waals surface area contributed by atoms with Crippen LogP contribution in [0.3, 0.4) is 0 Å². The van der Waals surface area contributed by atoms with E-state index >= 15 is 0 Å². The van der Waals surface area contributed by atoms with Gasteiger partial charge in [-0.15, -0.1) is 0 Å². The SMILES string of the molecule is CC(C(=O)NC(c1ccccc1)c1ccccc1)N1CCN(c2ncc(C(F)(F)F)cc2Cl)CC1. The van der Waals surface area contributed by atoms with Crippen LogP contribution < -0.4 is 10.2 Å². The number of nitrogens with zero attached hydrogens (tertiary/aromatic N) is 3. The van der Waals surface area contributed by atoms with Crippen LogP contribution in [0.25, 0.3) is 0 Å². The van der Waals surface area contributed by atoms with Gasteiger partial charge in [0.2, 0.25) is 5.91 Å². The van der Waals surface area contributed by atoms with E-state index in [1.165, 1.54) is 0 Å². The Labute approximate surface area is 207 Å². The molecule has 184 valence electrons. The summed E-state index contributed by atoms with van der Waals surface area (Å²) in [6, 6.07) is 19.9. The molecule has 1 saturated heterocycles. The van der Waals surface area contributed by atoms with Gasteiger partial charge >= 0.3 is 6.18 Å². The molecule has 0 radical (unpaired) electrons. The van der Waals surface area contributed by atoms with Gasteiger partial charge in [0.25, 0.3) is 0 Å². The van der Waals surface area contributed by atoms with Crippen molar-refractivity contribution in [2.75, 3.05) is 31.1 Å². The molecule has 1 amide bonds. The van der Waals surface area contributed by atoms with Crippen LogP contribution in [0.2, 0.25) is 5.02 Å². The summed E-state index contributed by atoms with van der Waals surface area (Å²) in [4.78, 5) is 21.1. The number of carbonyl (C=O) groups is 1. The number of rotatable bonds is 6. The Bertz CT molecular complexity index is 1100. The minimum atomic E-state index is -4.49. The van der Waals surface area contributed by atoms with E-state index in [9.17, 15) is 18.0 Å². The van der Waals surface area contributed by atoms with Crippen molar-refractivity contribution in [3.05, 3.63) is 94.6 Å². The molecule has 0 bridgehead atoms. The van der Waals surface area contributed by atoms with Crippen LogP contribution in [0.15, 0.2) is 72.9 Å². The lowest BCUT2D eigenvalue weighted by Crippen LogP contribution is -2.54. The van der Waals surface area contributed by atoms with Crippen LogP contribution in [0, 0.1) is 0 Å². The molecule has 2 heterocycles. The average molecular weight is 503 g/mol. The van der Waals surface area contributed by atoms with Gasteiger partial charge < -0.3 is 10.2 Å². The second kappa shape index (κ2) is 10.7. The molecular weight excluding hydrogens is 477 g/mol. The molecule has 1 N–H and O–H groups in total. The van der Waals surface area contributed by atoms with Crippen molar-refractivity contribution in [1.29, 1.82) is 0 Å². The van der Waals surface area contributed by atoms with Gasteiger partial charge in [-0.05, 0) is 24.1 Å². The first-order valence-corrected chi connectivity index (χ1v) is 11.7. The molecule has 2 aromatic carbocycles. The quantitative estimate of drug-likeness (QED) is 0.505. The Morgan fingerprint density at radius 2 is 1.51 bits per heavy atom. The molecule has 9 heteroatoms. The third kappa shape index (κ3) is 5.94. The summed E-state index contributed by atoms with van der Waals surface area (Å²) in [5.74, 6) is 0.228. The minimum Gasteiger partial charge on any atom is -0.353 e. The van der Waals surface area contributed by atoms with E-state index in [0.29, 0.717) is 32.0 Å². The number of hydrogen-bond acceptors (Lipinski definition) is 4. The molecule has 1 fully saturated rings. The summed E-state index contributed by atoms with van der Waals surface area (Å²) < 4.78 is 38.7. The van der Waals surface area contributed by atoms with E-state index in [-0.39, 0.29) is 23.0 Å². The maximum atomic E-state index is 13.2. The average Bonchev–Trinajstić information content (AvgIpc) is 2.87. The Morgan fingerprint density at radius 1 is 0.971 bits per heavy atom. The summed E-state index contributed by atoms with van der Waals surface area (Å²) in [6.07, 6.45) is -3.69. The Balaban J connectivity index is 1.41. The highest BCUT2D eigenvalue weighted by molar-refractivity contribution is 6.33. The second-order valence-electron chi connectivity index (χ2n) is 8.49. The van der Waals surface area contributed by atoms with Gasteiger partial charge in [0, 0.05) is 32.4 Å².